The third kappa shape index (κ3) is 4.79. The lowest BCUT2D eigenvalue weighted by atomic mass is 9.94. The number of aryl methyl sites for hydroxylation is 2. The normalized spacial score (nSPS) is 12.9. The Bertz CT molecular complexity index is 1330. The summed E-state index contributed by atoms with van der Waals surface area (Å²) in [6.45, 7) is 11.9. The number of alkyl halides is 3. The van der Waals surface area contributed by atoms with Crippen LogP contribution in [0.5, 0.6) is 0 Å². The van der Waals surface area contributed by atoms with Gasteiger partial charge in [-0.3, -0.25) is 4.68 Å². The fourth-order valence-corrected chi connectivity index (χ4v) is 4.48. The van der Waals surface area contributed by atoms with Gasteiger partial charge >= 0.3 is 6.18 Å². The molecule has 0 N–H and O–H groups in total. The second-order valence-electron chi connectivity index (χ2n) is 9.38. The highest BCUT2D eigenvalue weighted by Gasteiger charge is 2.30. The second-order valence-corrected chi connectivity index (χ2v) is 9.38. The van der Waals surface area contributed by atoms with E-state index in [0.717, 1.165) is 45.6 Å². The van der Waals surface area contributed by atoms with Gasteiger partial charge in [0.05, 0.1) is 17.1 Å². The molecule has 176 valence electrons. The predicted octanol–water partition coefficient (Wildman–Crippen LogP) is 8.62. The van der Waals surface area contributed by atoms with Gasteiger partial charge in [0, 0.05) is 11.6 Å². The molecule has 0 aliphatic heterocycles. The number of halogens is 3. The summed E-state index contributed by atoms with van der Waals surface area (Å²) >= 11 is 0. The van der Waals surface area contributed by atoms with E-state index in [1.165, 1.54) is 11.6 Å². The van der Waals surface area contributed by atoms with Crippen molar-refractivity contribution >= 4 is 17.0 Å². The topological polar surface area (TPSA) is 17.8 Å². The molecule has 5 heteroatoms. The first-order valence-electron chi connectivity index (χ1n) is 11.5. The second kappa shape index (κ2) is 9.13. The van der Waals surface area contributed by atoms with Crippen molar-refractivity contribution in [1.82, 2.24) is 9.78 Å². The van der Waals surface area contributed by atoms with Gasteiger partial charge < -0.3 is 0 Å². The maximum Gasteiger partial charge on any atom is 0.416 e. The fourth-order valence-electron chi connectivity index (χ4n) is 4.48. The Morgan fingerprint density at radius 2 is 1.62 bits per heavy atom. The van der Waals surface area contributed by atoms with Crippen molar-refractivity contribution in [3.8, 4) is 11.1 Å². The zero-order chi connectivity index (χ0) is 24.6. The first kappa shape index (κ1) is 23.8. The van der Waals surface area contributed by atoms with E-state index in [2.05, 4.69) is 44.7 Å². The summed E-state index contributed by atoms with van der Waals surface area (Å²) in [5.41, 5.74) is 5.82. The van der Waals surface area contributed by atoms with Gasteiger partial charge in [0.2, 0.25) is 0 Å². The van der Waals surface area contributed by atoms with E-state index < -0.39 is 11.7 Å². The van der Waals surface area contributed by atoms with Gasteiger partial charge in [0.1, 0.15) is 0 Å². The molecule has 0 aliphatic carbocycles. The number of nitrogens with zero attached hydrogens (tertiary/aromatic N) is 2. The lowest BCUT2D eigenvalue weighted by molar-refractivity contribution is -0.137. The number of hydrogen-bond acceptors (Lipinski definition) is 1. The molecule has 0 aliphatic rings. The van der Waals surface area contributed by atoms with Gasteiger partial charge in [-0.1, -0.05) is 56.8 Å². The fraction of sp³-hybridized carbons (Fsp3) is 0.276. The molecule has 34 heavy (non-hydrogen) atoms. The van der Waals surface area contributed by atoms with E-state index in [0.29, 0.717) is 11.5 Å². The van der Waals surface area contributed by atoms with E-state index in [1.807, 2.05) is 36.0 Å². The quantitative estimate of drug-likeness (QED) is 0.280. The largest absolute Gasteiger partial charge is 0.416 e. The minimum atomic E-state index is -4.35. The van der Waals surface area contributed by atoms with Crippen LogP contribution in [0.25, 0.3) is 28.1 Å². The molecular formula is C29H29F3N2. The molecule has 0 fully saturated rings. The highest BCUT2D eigenvalue weighted by molar-refractivity contribution is 5.87. The van der Waals surface area contributed by atoms with Crippen molar-refractivity contribution in [3.63, 3.8) is 0 Å². The van der Waals surface area contributed by atoms with Gasteiger partial charge in [-0.2, -0.15) is 18.3 Å². The summed E-state index contributed by atoms with van der Waals surface area (Å²) in [4.78, 5) is 0. The lowest BCUT2D eigenvalue weighted by Gasteiger charge is -2.20. The van der Waals surface area contributed by atoms with Crippen molar-refractivity contribution in [2.75, 3.05) is 0 Å². The first-order valence-corrected chi connectivity index (χ1v) is 11.5. The van der Waals surface area contributed by atoms with E-state index in [1.54, 1.807) is 13.0 Å². The minimum Gasteiger partial charge on any atom is -0.264 e. The lowest BCUT2D eigenvalue weighted by Crippen LogP contribution is -2.13. The summed E-state index contributed by atoms with van der Waals surface area (Å²) < 4.78 is 41.4. The smallest absolute Gasteiger partial charge is 0.264 e. The van der Waals surface area contributed by atoms with Crippen molar-refractivity contribution in [2.45, 2.75) is 46.3 Å². The SMILES string of the molecule is C=Cc1ccc(C(CC(C)C)n2cc3cc(-c4ccc(C(F)(F)F)cc4C)c(C)cc3n2)cc1. The highest BCUT2D eigenvalue weighted by atomic mass is 19.4. The average Bonchev–Trinajstić information content (AvgIpc) is 3.19. The van der Waals surface area contributed by atoms with Crippen LogP contribution in [-0.2, 0) is 6.18 Å². The standard InChI is InChI=1S/C29H29F3N2/c1-6-21-7-9-22(10-8-21)28(13-18(2)3)34-17-23-16-26(20(5)15-27(23)33-34)25-12-11-24(14-19(25)4)29(30,31)32/h6-12,14-18,28H,1,13H2,2-5H3. The molecule has 0 amide bonds. The Labute approximate surface area is 198 Å². The Hall–Kier alpha value is -3.34. The molecular weight excluding hydrogens is 433 g/mol. The van der Waals surface area contributed by atoms with E-state index in [-0.39, 0.29) is 6.04 Å². The summed E-state index contributed by atoms with van der Waals surface area (Å²) in [7, 11) is 0. The third-order valence-electron chi connectivity index (χ3n) is 6.28. The van der Waals surface area contributed by atoms with E-state index in [4.69, 9.17) is 5.10 Å². The van der Waals surface area contributed by atoms with Crippen LogP contribution in [0.15, 0.2) is 67.4 Å². The van der Waals surface area contributed by atoms with Crippen molar-refractivity contribution in [1.29, 1.82) is 0 Å². The highest BCUT2D eigenvalue weighted by Crippen LogP contribution is 2.36. The van der Waals surface area contributed by atoms with Crippen molar-refractivity contribution < 1.29 is 13.2 Å². The van der Waals surface area contributed by atoms with Crippen LogP contribution in [0.1, 0.15) is 54.1 Å². The summed E-state index contributed by atoms with van der Waals surface area (Å²) in [5.74, 6) is 0.475. The van der Waals surface area contributed by atoms with Crippen LogP contribution < -0.4 is 0 Å². The van der Waals surface area contributed by atoms with Crippen LogP contribution in [0.2, 0.25) is 0 Å². The molecule has 0 bridgehead atoms. The Morgan fingerprint density at radius 3 is 2.21 bits per heavy atom. The van der Waals surface area contributed by atoms with Gasteiger partial charge in [0.15, 0.2) is 0 Å². The molecule has 2 nitrogen and oxygen atoms in total. The summed E-state index contributed by atoms with van der Waals surface area (Å²) in [6.07, 6.45) is 0.465. The average molecular weight is 463 g/mol. The number of benzene rings is 3. The van der Waals surface area contributed by atoms with Crippen LogP contribution in [0.3, 0.4) is 0 Å². The van der Waals surface area contributed by atoms with Gasteiger partial charge in [-0.25, -0.2) is 0 Å². The first-order chi connectivity index (χ1) is 16.1. The molecule has 1 aromatic heterocycles. The number of aromatic nitrogens is 2. The molecule has 1 heterocycles. The van der Waals surface area contributed by atoms with Crippen LogP contribution in [0.4, 0.5) is 13.2 Å². The molecule has 1 atom stereocenters. The molecule has 3 aromatic carbocycles. The zero-order valence-corrected chi connectivity index (χ0v) is 19.9. The maximum atomic E-state index is 13.1. The van der Waals surface area contributed by atoms with Gasteiger partial charge in [-0.05, 0) is 83.8 Å². The van der Waals surface area contributed by atoms with Crippen LogP contribution >= 0.6 is 0 Å². The Morgan fingerprint density at radius 1 is 0.941 bits per heavy atom. The number of fused-ring (bicyclic) bond motifs is 1. The van der Waals surface area contributed by atoms with Gasteiger partial charge in [0.25, 0.3) is 0 Å². The van der Waals surface area contributed by atoms with Gasteiger partial charge in [-0.15, -0.1) is 0 Å². The summed E-state index contributed by atoms with van der Waals surface area (Å²) in [6, 6.07) is 16.5. The van der Waals surface area contributed by atoms with E-state index >= 15 is 0 Å². The molecule has 4 rings (SSSR count). The van der Waals surface area contributed by atoms with Crippen LogP contribution in [-0.4, -0.2) is 9.78 Å². The molecule has 1 unspecified atom stereocenters. The Kier molecular flexibility index (Phi) is 6.39. The molecule has 4 aromatic rings. The minimum absolute atomic E-state index is 0.0860. The molecule has 0 saturated carbocycles. The third-order valence-corrected chi connectivity index (χ3v) is 6.28. The molecule has 0 radical (unpaired) electrons. The summed E-state index contributed by atoms with van der Waals surface area (Å²) in [5, 5.41) is 5.87. The monoisotopic (exact) mass is 462 g/mol. The molecule has 0 spiro atoms. The number of rotatable bonds is 6. The zero-order valence-electron chi connectivity index (χ0n) is 19.9. The van der Waals surface area contributed by atoms with Crippen molar-refractivity contribution in [3.05, 3.63) is 95.2 Å². The van der Waals surface area contributed by atoms with E-state index in [9.17, 15) is 13.2 Å². The number of hydrogen-bond donors (Lipinski definition) is 0. The molecule has 0 saturated heterocycles. The van der Waals surface area contributed by atoms with Crippen LogP contribution in [0, 0.1) is 19.8 Å². The van der Waals surface area contributed by atoms with Crippen molar-refractivity contribution in [2.24, 2.45) is 5.92 Å². The maximum absolute atomic E-state index is 13.1. The predicted molar refractivity (Wildman–Crippen MR) is 134 cm³/mol. The Balaban J connectivity index is 1.77.